The van der Waals surface area contributed by atoms with Gasteiger partial charge in [0.2, 0.25) is 11.8 Å². The summed E-state index contributed by atoms with van der Waals surface area (Å²) in [6.45, 7) is 19.5. The van der Waals surface area contributed by atoms with Gasteiger partial charge in [-0.15, -0.1) is 0 Å². The Morgan fingerprint density at radius 2 is 1.56 bits per heavy atom. The number of amides is 3. The second kappa shape index (κ2) is 13.7. The molecule has 3 amide bonds. The Balaban J connectivity index is 3.52. The Labute approximate surface area is 218 Å². The van der Waals surface area contributed by atoms with Crippen LogP contribution in [0.1, 0.15) is 105 Å². The van der Waals surface area contributed by atoms with Crippen LogP contribution in [0.5, 0.6) is 0 Å². The van der Waals surface area contributed by atoms with Gasteiger partial charge in [0.25, 0.3) is 0 Å². The van der Waals surface area contributed by atoms with Crippen molar-refractivity contribution in [3.05, 3.63) is 35.4 Å². The summed E-state index contributed by atoms with van der Waals surface area (Å²) in [4.78, 5) is 42.2. The number of carbonyl (C=O) groups is 3. The summed E-state index contributed by atoms with van der Waals surface area (Å²) in [6.07, 6.45) is 2.71. The van der Waals surface area contributed by atoms with Gasteiger partial charge in [-0.05, 0) is 66.4 Å². The molecule has 204 valence electrons. The van der Waals surface area contributed by atoms with E-state index in [0.717, 1.165) is 30.4 Å². The van der Waals surface area contributed by atoms with Crippen LogP contribution >= 0.6 is 0 Å². The lowest BCUT2D eigenvalue weighted by molar-refractivity contribution is -0.144. The fraction of sp³-hybridized carbons (Fsp3) is 0.690. The van der Waals surface area contributed by atoms with Crippen molar-refractivity contribution in [2.45, 2.75) is 118 Å². The van der Waals surface area contributed by atoms with E-state index in [1.807, 2.05) is 65.8 Å². The zero-order chi connectivity index (χ0) is 27.7. The van der Waals surface area contributed by atoms with Crippen molar-refractivity contribution in [2.24, 2.45) is 5.92 Å². The van der Waals surface area contributed by atoms with Crippen LogP contribution in [0.4, 0.5) is 4.79 Å². The van der Waals surface area contributed by atoms with E-state index in [1.54, 1.807) is 25.7 Å². The van der Waals surface area contributed by atoms with Gasteiger partial charge in [0, 0.05) is 12.1 Å². The summed E-state index contributed by atoms with van der Waals surface area (Å²) in [5.41, 5.74) is 0.655. The first-order valence-corrected chi connectivity index (χ1v) is 13.3. The van der Waals surface area contributed by atoms with E-state index in [9.17, 15) is 14.4 Å². The van der Waals surface area contributed by atoms with Gasteiger partial charge >= 0.3 is 6.09 Å². The highest BCUT2D eigenvalue weighted by molar-refractivity contribution is 5.92. The molecule has 0 fully saturated rings. The Morgan fingerprint density at radius 1 is 0.972 bits per heavy atom. The number of hydrogen-bond donors (Lipinski definition) is 2. The smallest absolute Gasteiger partial charge is 0.408 e. The fourth-order valence-electron chi connectivity index (χ4n) is 3.85. The molecule has 1 aromatic carbocycles. The molecule has 0 saturated carbocycles. The van der Waals surface area contributed by atoms with Gasteiger partial charge in [-0.2, -0.15) is 0 Å². The van der Waals surface area contributed by atoms with Crippen LogP contribution < -0.4 is 10.6 Å². The topological polar surface area (TPSA) is 87.7 Å². The highest BCUT2D eigenvalue weighted by Crippen LogP contribution is 2.26. The van der Waals surface area contributed by atoms with E-state index < -0.39 is 29.3 Å². The Kier molecular flexibility index (Phi) is 11.9. The molecule has 7 heteroatoms. The molecule has 0 aliphatic heterocycles. The van der Waals surface area contributed by atoms with Crippen LogP contribution in [0, 0.1) is 12.8 Å². The zero-order valence-electron chi connectivity index (χ0n) is 24.2. The van der Waals surface area contributed by atoms with Crippen molar-refractivity contribution < 1.29 is 19.1 Å². The van der Waals surface area contributed by atoms with E-state index in [2.05, 4.69) is 17.6 Å². The van der Waals surface area contributed by atoms with Gasteiger partial charge < -0.3 is 20.3 Å². The van der Waals surface area contributed by atoms with E-state index >= 15 is 0 Å². The van der Waals surface area contributed by atoms with Gasteiger partial charge in [0.05, 0.1) is 0 Å². The summed E-state index contributed by atoms with van der Waals surface area (Å²) in [6, 6.07) is 6.08. The standard InChI is InChI=1S/C29H49N3O4/c1-11-13-14-19-32(26(34)23(21(4)12-2)30-27(35)36-29(8,9)10)24(25(33)31-28(5,6)7)22-17-15-20(3)16-18-22/h15-18,21,23-24H,11-14,19H2,1-10H3,(H,30,35)(H,31,33). The van der Waals surface area contributed by atoms with Gasteiger partial charge in [0.1, 0.15) is 17.7 Å². The average molecular weight is 504 g/mol. The van der Waals surface area contributed by atoms with Crippen molar-refractivity contribution in [3.8, 4) is 0 Å². The molecule has 3 unspecified atom stereocenters. The third-order valence-corrected chi connectivity index (χ3v) is 5.89. The van der Waals surface area contributed by atoms with Crippen molar-refractivity contribution in [1.29, 1.82) is 0 Å². The number of carbonyl (C=O) groups excluding carboxylic acids is 3. The van der Waals surface area contributed by atoms with Crippen LogP contribution in [0.15, 0.2) is 24.3 Å². The lowest BCUT2D eigenvalue weighted by Gasteiger charge is -2.37. The molecule has 0 heterocycles. The molecule has 7 nitrogen and oxygen atoms in total. The molecule has 36 heavy (non-hydrogen) atoms. The third-order valence-electron chi connectivity index (χ3n) is 5.89. The molecule has 2 N–H and O–H groups in total. The Morgan fingerprint density at radius 3 is 2.03 bits per heavy atom. The number of nitrogens with one attached hydrogen (secondary N) is 2. The van der Waals surface area contributed by atoms with E-state index in [4.69, 9.17) is 4.74 Å². The molecule has 1 rings (SSSR count). The van der Waals surface area contributed by atoms with Crippen LogP contribution in [-0.4, -0.2) is 46.5 Å². The Hall–Kier alpha value is -2.57. The molecule has 0 spiro atoms. The number of aryl methyl sites for hydroxylation is 1. The maximum Gasteiger partial charge on any atom is 0.408 e. The lowest BCUT2D eigenvalue weighted by atomic mass is 9.95. The minimum atomic E-state index is -0.818. The van der Waals surface area contributed by atoms with Gasteiger partial charge in [-0.25, -0.2) is 4.79 Å². The van der Waals surface area contributed by atoms with Crippen molar-refractivity contribution in [2.75, 3.05) is 6.54 Å². The van der Waals surface area contributed by atoms with Crippen LogP contribution in [0.25, 0.3) is 0 Å². The highest BCUT2D eigenvalue weighted by Gasteiger charge is 2.38. The maximum atomic E-state index is 14.2. The highest BCUT2D eigenvalue weighted by atomic mass is 16.6. The minimum absolute atomic E-state index is 0.150. The SMILES string of the molecule is CCCCCN(C(=O)C(NC(=O)OC(C)(C)C)C(C)CC)C(C(=O)NC(C)(C)C)c1ccc(C)cc1. The molecule has 0 saturated heterocycles. The summed E-state index contributed by atoms with van der Waals surface area (Å²) >= 11 is 0. The Bertz CT molecular complexity index is 853. The molecule has 3 atom stereocenters. The fourth-order valence-corrected chi connectivity index (χ4v) is 3.85. The average Bonchev–Trinajstić information content (AvgIpc) is 2.74. The number of unbranched alkanes of at least 4 members (excludes halogenated alkanes) is 2. The van der Waals surface area contributed by atoms with Crippen LogP contribution in [0.3, 0.4) is 0 Å². The number of rotatable bonds is 11. The van der Waals surface area contributed by atoms with E-state index in [1.165, 1.54) is 0 Å². The summed E-state index contributed by atoms with van der Waals surface area (Å²) < 4.78 is 5.46. The van der Waals surface area contributed by atoms with Crippen molar-refractivity contribution in [1.82, 2.24) is 15.5 Å². The molecular formula is C29H49N3O4. The van der Waals surface area contributed by atoms with Crippen LogP contribution in [-0.2, 0) is 14.3 Å². The first kappa shape index (κ1) is 31.5. The third kappa shape index (κ3) is 10.6. The van der Waals surface area contributed by atoms with Gasteiger partial charge in [-0.1, -0.05) is 69.9 Å². The predicted octanol–water partition coefficient (Wildman–Crippen LogP) is 5.91. The quantitative estimate of drug-likeness (QED) is 0.368. The normalized spacial score (nSPS) is 14.4. The second-order valence-corrected chi connectivity index (χ2v) is 11.8. The number of alkyl carbamates (subject to hydrolysis) is 1. The lowest BCUT2D eigenvalue weighted by Crippen LogP contribution is -2.56. The second-order valence-electron chi connectivity index (χ2n) is 11.8. The first-order valence-electron chi connectivity index (χ1n) is 13.3. The summed E-state index contributed by atoms with van der Waals surface area (Å²) in [5.74, 6) is -0.666. The molecule has 0 bridgehead atoms. The molecule has 1 aromatic rings. The minimum Gasteiger partial charge on any atom is -0.444 e. The molecule has 0 radical (unpaired) electrons. The largest absolute Gasteiger partial charge is 0.444 e. The zero-order valence-corrected chi connectivity index (χ0v) is 24.2. The van der Waals surface area contributed by atoms with Gasteiger partial charge in [-0.3, -0.25) is 9.59 Å². The van der Waals surface area contributed by atoms with E-state index in [-0.39, 0.29) is 17.7 Å². The van der Waals surface area contributed by atoms with Crippen LogP contribution in [0.2, 0.25) is 0 Å². The summed E-state index contributed by atoms with van der Waals surface area (Å²) in [5, 5.41) is 5.88. The molecule has 0 aliphatic rings. The summed E-state index contributed by atoms with van der Waals surface area (Å²) in [7, 11) is 0. The van der Waals surface area contributed by atoms with Crippen molar-refractivity contribution in [3.63, 3.8) is 0 Å². The first-order chi connectivity index (χ1) is 16.6. The predicted molar refractivity (Wildman–Crippen MR) is 146 cm³/mol. The monoisotopic (exact) mass is 503 g/mol. The number of ether oxygens (including phenoxy) is 1. The number of hydrogen-bond acceptors (Lipinski definition) is 4. The number of nitrogens with zero attached hydrogens (tertiary/aromatic N) is 1. The molecular weight excluding hydrogens is 454 g/mol. The van der Waals surface area contributed by atoms with Gasteiger partial charge in [0.15, 0.2) is 0 Å². The maximum absolute atomic E-state index is 14.2. The molecule has 0 aliphatic carbocycles. The number of benzene rings is 1. The van der Waals surface area contributed by atoms with E-state index in [0.29, 0.717) is 13.0 Å². The van der Waals surface area contributed by atoms with Crippen molar-refractivity contribution >= 4 is 17.9 Å². The molecule has 0 aromatic heterocycles.